The van der Waals surface area contributed by atoms with Crippen molar-refractivity contribution in [1.82, 2.24) is 0 Å². The number of hydrogen-bond donors (Lipinski definition) is 0. The second-order valence-electron chi connectivity index (χ2n) is 5.64. The van der Waals surface area contributed by atoms with Gasteiger partial charge in [0, 0.05) is 0 Å². The van der Waals surface area contributed by atoms with Crippen LogP contribution in [-0.4, -0.2) is 0 Å². The lowest BCUT2D eigenvalue weighted by Gasteiger charge is -2.17. The molecule has 0 N–H and O–H groups in total. The molecule has 0 saturated carbocycles. The van der Waals surface area contributed by atoms with Crippen molar-refractivity contribution in [3.8, 4) is 0 Å². The Labute approximate surface area is 137 Å². The first kappa shape index (κ1) is 17.0. The number of unbranched alkanes of at least 4 members (excludes halogenated alkanes) is 2. The van der Waals surface area contributed by atoms with E-state index in [1.54, 1.807) is 5.57 Å². The Balaban J connectivity index is 2.28. The van der Waals surface area contributed by atoms with E-state index >= 15 is 0 Å². The molecule has 2 aromatic carbocycles. The van der Waals surface area contributed by atoms with Gasteiger partial charge in [-0.2, -0.15) is 0 Å². The first-order valence-electron chi connectivity index (χ1n) is 8.44. The van der Waals surface area contributed by atoms with Crippen LogP contribution in [0.1, 0.15) is 46.0 Å². The molecule has 1 heteroatoms. The molecule has 0 unspecified atom stereocenters. The standard InChI is InChI=1S/C21H27P/c1-3-5-8-13-19(4-2)18-22(20-14-9-6-10-15-20)21-16-11-7-12-17-21/h6-7,9-12,14-18H,3-5,8,13H2,1-2H3/b19-18-. The van der Waals surface area contributed by atoms with E-state index in [2.05, 4.69) is 80.3 Å². The zero-order chi connectivity index (χ0) is 15.6. The van der Waals surface area contributed by atoms with Gasteiger partial charge in [0.15, 0.2) is 0 Å². The third-order valence-corrected chi connectivity index (χ3v) is 6.27. The largest absolute Gasteiger partial charge is 0.0694 e. The highest BCUT2D eigenvalue weighted by Crippen LogP contribution is 2.37. The van der Waals surface area contributed by atoms with Gasteiger partial charge in [-0.1, -0.05) is 98.7 Å². The summed E-state index contributed by atoms with van der Waals surface area (Å²) in [4.78, 5) is 0. The van der Waals surface area contributed by atoms with Crippen molar-refractivity contribution in [2.75, 3.05) is 0 Å². The average Bonchev–Trinajstić information content (AvgIpc) is 2.59. The van der Waals surface area contributed by atoms with Crippen molar-refractivity contribution < 1.29 is 0 Å². The van der Waals surface area contributed by atoms with E-state index in [4.69, 9.17) is 0 Å². The minimum absolute atomic E-state index is 0.379. The van der Waals surface area contributed by atoms with Crippen LogP contribution < -0.4 is 10.6 Å². The van der Waals surface area contributed by atoms with Gasteiger partial charge in [0.05, 0.1) is 0 Å². The van der Waals surface area contributed by atoms with Crippen LogP contribution in [0.2, 0.25) is 0 Å². The van der Waals surface area contributed by atoms with E-state index < -0.39 is 0 Å². The summed E-state index contributed by atoms with van der Waals surface area (Å²) in [6.07, 6.45) is 6.38. The van der Waals surface area contributed by atoms with Crippen LogP contribution in [0, 0.1) is 0 Å². The van der Waals surface area contributed by atoms with Crippen molar-refractivity contribution >= 4 is 18.5 Å². The topological polar surface area (TPSA) is 0 Å². The van der Waals surface area contributed by atoms with Gasteiger partial charge >= 0.3 is 0 Å². The van der Waals surface area contributed by atoms with Gasteiger partial charge < -0.3 is 0 Å². The molecule has 0 saturated heterocycles. The highest BCUT2D eigenvalue weighted by molar-refractivity contribution is 7.75. The molecule has 0 fully saturated rings. The Hall–Kier alpha value is -1.39. The molecular formula is C21H27P. The SMILES string of the molecule is CCCCC/C(=C\P(c1ccccc1)c1ccccc1)CC. The van der Waals surface area contributed by atoms with Crippen molar-refractivity contribution in [2.45, 2.75) is 46.0 Å². The molecule has 0 nitrogen and oxygen atoms in total. The van der Waals surface area contributed by atoms with Crippen molar-refractivity contribution in [2.24, 2.45) is 0 Å². The maximum atomic E-state index is 2.57. The van der Waals surface area contributed by atoms with Crippen LogP contribution in [-0.2, 0) is 0 Å². The van der Waals surface area contributed by atoms with Gasteiger partial charge in [-0.15, -0.1) is 0 Å². The molecule has 0 aliphatic heterocycles. The number of hydrogen-bond acceptors (Lipinski definition) is 0. The Morgan fingerprint density at radius 1 is 0.818 bits per heavy atom. The van der Waals surface area contributed by atoms with Gasteiger partial charge in [-0.3, -0.25) is 0 Å². The molecule has 116 valence electrons. The second kappa shape index (κ2) is 9.59. The smallest absolute Gasteiger partial charge is 0.0157 e. The third-order valence-electron chi connectivity index (χ3n) is 3.94. The number of allylic oxidation sites excluding steroid dienone is 1. The Bertz CT molecular complexity index is 517. The molecule has 0 aliphatic carbocycles. The Kier molecular flexibility index (Phi) is 7.40. The summed E-state index contributed by atoms with van der Waals surface area (Å²) in [5.74, 6) is 2.57. The monoisotopic (exact) mass is 310 g/mol. The van der Waals surface area contributed by atoms with Crippen LogP contribution >= 0.6 is 7.92 Å². The maximum absolute atomic E-state index is 2.57. The van der Waals surface area contributed by atoms with Crippen LogP contribution in [0.25, 0.3) is 0 Å². The van der Waals surface area contributed by atoms with Gasteiger partial charge in [0.1, 0.15) is 0 Å². The lowest BCUT2D eigenvalue weighted by Crippen LogP contribution is -2.10. The van der Waals surface area contributed by atoms with Crippen LogP contribution in [0.3, 0.4) is 0 Å². The number of benzene rings is 2. The maximum Gasteiger partial charge on any atom is -0.0157 e. The molecule has 2 aromatic rings. The predicted octanol–water partition coefficient (Wildman–Crippen LogP) is 5.99. The summed E-state index contributed by atoms with van der Waals surface area (Å²) in [6, 6.07) is 21.9. The second-order valence-corrected chi connectivity index (χ2v) is 7.67. The summed E-state index contributed by atoms with van der Waals surface area (Å²) in [5, 5.41) is 2.90. The fourth-order valence-corrected chi connectivity index (χ4v) is 4.85. The minimum Gasteiger partial charge on any atom is -0.0694 e. The first-order valence-corrected chi connectivity index (χ1v) is 9.85. The average molecular weight is 310 g/mol. The zero-order valence-corrected chi connectivity index (χ0v) is 14.7. The molecule has 0 atom stereocenters. The van der Waals surface area contributed by atoms with Crippen LogP contribution in [0.15, 0.2) is 72.1 Å². The fourth-order valence-electron chi connectivity index (χ4n) is 2.59. The molecule has 2 rings (SSSR count). The molecule has 0 spiro atoms. The molecule has 22 heavy (non-hydrogen) atoms. The van der Waals surface area contributed by atoms with E-state index in [1.165, 1.54) is 42.7 Å². The lowest BCUT2D eigenvalue weighted by molar-refractivity contribution is 0.703. The summed E-state index contributed by atoms with van der Waals surface area (Å²) >= 11 is 0. The van der Waals surface area contributed by atoms with Gasteiger partial charge in [0.25, 0.3) is 0 Å². The summed E-state index contributed by atoms with van der Waals surface area (Å²) in [5.41, 5.74) is 1.62. The van der Waals surface area contributed by atoms with E-state index in [-0.39, 0.29) is 7.92 Å². The first-order chi connectivity index (χ1) is 10.8. The summed E-state index contributed by atoms with van der Waals surface area (Å²) in [6.45, 7) is 4.57. The fraction of sp³-hybridized carbons (Fsp3) is 0.333. The highest BCUT2D eigenvalue weighted by atomic mass is 31.1. The molecule has 0 radical (unpaired) electrons. The molecule has 0 heterocycles. The van der Waals surface area contributed by atoms with Crippen molar-refractivity contribution in [1.29, 1.82) is 0 Å². The van der Waals surface area contributed by atoms with E-state index in [1.807, 2.05) is 0 Å². The van der Waals surface area contributed by atoms with Crippen molar-refractivity contribution in [3.63, 3.8) is 0 Å². The van der Waals surface area contributed by atoms with Crippen LogP contribution in [0.5, 0.6) is 0 Å². The number of rotatable bonds is 8. The van der Waals surface area contributed by atoms with Gasteiger partial charge in [-0.25, -0.2) is 0 Å². The predicted molar refractivity (Wildman–Crippen MR) is 102 cm³/mol. The van der Waals surface area contributed by atoms with Crippen molar-refractivity contribution in [3.05, 3.63) is 72.1 Å². The van der Waals surface area contributed by atoms with E-state index in [0.29, 0.717) is 0 Å². The van der Waals surface area contributed by atoms with E-state index in [0.717, 1.165) is 0 Å². The highest BCUT2D eigenvalue weighted by Gasteiger charge is 2.11. The van der Waals surface area contributed by atoms with Gasteiger partial charge in [0.2, 0.25) is 0 Å². The molecule has 0 aliphatic rings. The molecule has 0 bridgehead atoms. The summed E-state index contributed by atoms with van der Waals surface area (Å²) in [7, 11) is -0.379. The van der Waals surface area contributed by atoms with Gasteiger partial charge in [-0.05, 0) is 37.8 Å². The molecule has 0 amide bonds. The normalized spacial score (nSPS) is 11.9. The Morgan fingerprint density at radius 3 is 1.82 bits per heavy atom. The molecular weight excluding hydrogens is 283 g/mol. The van der Waals surface area contributed by atoms with Crippen LogP contribution in [0.4, 0.5) is 0 Å². The Morgan fingerprint density at radius 2 is 1.36 bits per heavy atom. The minimum atomic E-state index is -0.379. The molecule has 0 aromatic heterocycles. The third kappa shape index (κ3) is 5.11. The quantitative estimate of drug-likeness (QED) is 0.415. The zero-order valence-electron chi connectivity index (χ0n) is 13.8. The van der Waals surface area contributed by atoms with E-state index in [9.17, 15) is 0 Å². The lowest BCUT2D eigenvalue weighted by atomic mass is 10.1. The summed E-state index contributed by atoms with van der Waals surface area (Å²) < 4.78 is 0.